The van der Waals surface area contributed by atoms with Gasteiger partial charge in [-0.05, 0) is 61.0 Å². The lowest BCUT2D eigenvalue weighted by molar-refractivity contribution is 0.188. The molecule has 1 heterocycles. The standard InChI is InChI=1S/C14H25NOS/c1-3-9-15-14(5-4-10-16-2)7-6-13-8-11-17-12-13/h8,11-12,14-15H,3-7,9-10H2,1-2H3. The predicted octanol–water partition coefficient (Wildman–Crippen LogP) is 3.48. The number of thiophene rings is 1. The number of aryl methyl sites for hydroxylation is 1. The molecule has 1 aromatic heterocycles. The lowest BCUT2D eigenvalue weighted by Gasteiger charge is -2.18. The van der Waals surface area contributed by atoms with Gasteiger partial charge in [0.2, 0.25) is 0 Å². The second-order valence-corrected chi connectivity index (χ2v) is 5.24. The van der Waals surface area contributed by atoms with Crippen molar-refractivity contribution in [1.29, 1.82) is 0 Å². The molecule has 1 aromatic rings. The molecular formula is C14H25NOS. The van der Waals surface area contributed by atoms with Gasteiger partial charge in [-0.25, -0.2) is 0 Å². The molecule has 0 saturated carbocycles. The second-order valence-electron chi connectivity index (χ2n) is 4.46. The van der Waals surface area contributed by atoms with Crippen LogP contribution in [0.15, 0.2) is 16.8 Å². The van der Waals surface area contributed by atoms with Gasteiger partial charge in [-0.15, -0.1) is 0 Å². The lowest BCUT2D eigenvalue weighted by atomic mass is 10.0. The molecule has 0 aliphatic heterocycles. The van der Waals surface area contributed by atoms with Gasteiger partial charge in [-0.3, -0.25) is 0 Å². The number of hydrogen-bond donors (Lipinski definition) is 1. The van der Waals surface area contributed by atoms with Crippen LogP contribution in [0.2, 0.25) is 0 Å². The molecule has 0 aliphatic carbocycles. The zero-order valence-electron chi connectivity index (χ0n) is 11.1. The average Bonchev–Trinajstić information content (AvgIpc) is 2.85. The van der Waals surface area contributed by atoms with E-state index in [1.54, 1.807) is 18.4 Å². The second kappa shape index (κ2) is 9.63. The average molecular weight is 255 g/mol. The van der Waals surface area contributed by atoms with E-state index < -0.39 is 0 Å². The summed E-state index contributed by atoms with van der Waals surface area (Å²) in [6.45, 7) is 4.22. The van der Waals surface area contributed by atoms with Crippen LogP contribution < -0.4 is 5.32 Å². The normalized spacial score (nSPS) is 12.8. The van der Waals surface area contributed by atoms with Crippen LogP contribution in [0, 0.1) is 0 Å². The number of hydrogen-bond acceptors (Lipinski definition) is 3. The van der Waals surface area contributed by atoms with Crippen molar-refractivity contribution in [1.82, 2.24) is 5.32 Å². The summed E-state index contributed by atoms with van der Waals surface area (Å²) in [5.74, 6) is 0. The summed E-state index contributed by atoms with van der Waals surface area (Å²) in [5, 5.41) is 8.06. The van der Waals surface area contributed by atoms with E-state index in [1.807, 2.05) is 0 Å². The molecule has 1 rings (SSSR count). The fraction of sp³-hybridized carbons (Fsp3) is 0.714. The third kappa shape index (κ3) is 6.81. The third-order valence-electron chi connectivity index (χ3n) is 2.95. The van der Waals surface area contributed by atoms with Crippen molar-refractivity contribution in [2.45, 2.75) is 45.1 Å². The van der Waals surface area contributed by atoms with Crippen molar-refractivity contribution in [2.24, 2.45) is 0 Å². The first-order valence-corrected chi connectivity index (χ1v) is 7.54. The fourth-order valence-electron chi connectivity index (χ4n) is 1.95. The molecule has 0 saturated heterocycles. The van der Waals surface area contributed by atoms with Gasteiger partial charge in [-0.1, -0.05) is 6.92 Å². The molecule has 0 amide bonds. The summed E-state index contributed by atoms with van der Waals surface area (Å²) in [5.41, 5.74) is 1.48. The summed E-state index contributed by atoms with van der Waals surface area (Å²) in [4.78, 5) is 0. The van der Waals surface area contributed by atoms with Crippen LogP contribution in [0.3, 0.4) is 0 Å². The molecule has 3 heteroatoms. The largest absolute Gasteiger partial charge is 0.385 e. The minimum Gasteiger partial charge on any atom is -0.385 e. The van der Waals surface area contributed by atoms with E-state index in [9.17, 15) is 0 Å². The minimum atomic E-state index is 0.644. The molecule has 17 heavy (non-hydrogen) atoms. The highest BCUT2D eigenvalue weighted by atomic mass is 32.1. The van der Waals surface area contributed by atoms with Gasteiger partial charge < -0.3 is 10.1 Å². The predicted molar refractivity (Wildman–Crippen MR) is 75.8 cm³/mol. The van der Waals surface area contributed by atoms with Crippen molar-refractivity contribution in [3.8, 4) is 0 Å². The Morgan fingerprint density at radius 2 is 2.29 bits per heavy atom. The van der Waals surface area contributed by atoms with Crippen LogP contribution in [0.25, 0.3) is 0 Å². The maximum Gasteiger partial charge on any atom is 0.0462 e. The van der Waals surface area contributed by atoms with E-state index in [2.05, 4.69) is 29.1 Å². The highest BCUT2D eigenvalue weighted by molar-refractivity contribution is 7.07. The summed E-state index contributed by atoms with van der Waals surface area (Å²) in [6.07, 6.45) is 6.01. The first kappa shape index (κ1) is 14.7. The number of nitrogens with one attached hydrogen (secondary N) is 1. The van der Waals surface area contributed by atoms with Gasteiger partial charge in [0.15, 0.2) is 0 Å². The third-order valence-corrected chi connectivity index (χ3v) is 3.68. The van der Waals surface area contributed by atoms with Crippen molar-refractivity contribution in [3.05, 3.63) is 22.4 Å². The molecule has 1 N–H and O–H groups in total. The maximum absolute atomic E-state index is 5.12. The van der Waals surface area contributed by atoms with Crippen LogP contribution in [-0.2, 0) is 11.2 Å². The van der Waals surface area contributed by atoms with Gasteiger partial charge >= 0.3 is 0 Å². The molecular weight excluding hydrogens is 230 g/mol. The van der Waals surface area contributed by atoms with Crippen molar-refractivity contribution in [2.75, 3.05) is 20.3 Å². The highest BCUT2D eigenvalue weighted by Crippen LogP contribution is 2.12. The van der Waals surface area contributed by atoms with Gasteiger partial charge in [-0.2, -0.15) is 11.3 Å². The van der Waals surface area contributed by atoms with Crippen LogP contribution in [0.4, 0.5) is 0 Å². The lowest BCUT2D eigenvalue weighted by Crippen LogP contribution is -2.30. The molecule has 1 unspecified atom stereocenters. The van der Waals surface area contributed by atoms with Crippen LogP contribution in [0.1, 0.15) is 38.2 Å². The van der Waals surface area contributed by atoms with Crippen molar-refractivity contribution in [3.63, 3.8) is 0 Å². The summed E-state index contributed by atoms with van der Waals surface area (Å²) >= 11 is 1.79. The Hall–Kier alpha value is -0.380. The molecule has 0 aromatic carbocycles. The Balaban J connectivity index is 2.23. The van der Waals surface area contributed by atoms with Gasteiger partial charge in [0, 0.05) is 19.8 Å². The Morgan fingerprint density at radius 1 is 1.41 bits per heavy atom. The Labute approximate surface area is 109 Å². The molecule has 2 nitrogen and oxygen atoms in total. The molecule has 1 atom stereocenters. The molecule has 98 valence electrons. The van der Waals surface area contributed by atoms with E-state index in [1.165, 1.54) is 31.2 Å². The summed E-state index contributed by atoms with van der Waals surface area (Å²) in [7, 11) is 1.78. The number of rotatable bonds is 10. The van der Waals surface area contributed by atoms with Gasteiger partial charge in [0.25, 0.3) is 0 Å². The Bertz CT molecular complexity index is 261. The topological polar surface area (TPSA) is 21.3 Å². The number of ether oxygens (including phenoxy) is 1. The Kier molecular flexibility index (Phi) is 8.32. The van der Waals surface area contributed by atoms with Crippen molar-refractivity contribution < 1.29 is 4.74 Å². The molecule has 0 fully saturated rings. The van der Waals surface area contributed by atoms with Crippen LogP contribution in [-0.4, -0.2) is 26.3 Å². The zero-order chi connectivity index (χ0) is 12.3. The fourth-order valence-corrected chi connectivity index (χ4v) is 2.65. The SMILES string of the molecule is CCCNC(CCCOC)CCc1ccsc1. The van der Waals surface area contributed by atoms with Crippen molar-refractivity contribution >= 4 is 11.3 Å². The monoisotopic (exact) mass is 255 g/mol. The van der Waals surface area contributed by atoms with Gasteiger partial charge in [0.05, 0.1) is 0 Å². The van der Waals surface area contributed by atoms with Crippen LogP contribution in [0.5, 0.6) is 0 Å². The first-order chi connectivity index (χ1) is 8.36. The summed E-state index contributed by atoms with van der Waals surface area (Å²) in [6, 6.07) is 2.88. The van der Waals surface area contributed by atoms with Crippen LogP contribution >= 0.6 is 11.3 Å². The Morgan fingerprint density at radius 3 is 2.94 bits per heavy atom. The minimum absolute atomic E-state index is 0.644. The smallest absolute Gasteiger partial charge is 0.0462 e. The van der Waals surface area contributed by atoms with Gasteiger partial charge in [0.1, 0.15) is 0 Å². The summed E-state index contributed by atoms with van der Waals surface area (Å²) < 4.78 is 5.12. The highest BCUT2D eigenvalue weighted by Gasteiger charge is 2.07. The van der Waals surface area contributed by atoms with E-state index in [0.717, 1.165) is 19.6 Å². The van der Waals surface area contributed by atoms with E-state index in [4.69, 9.17) is 4.74 Å². The van der Waals surface area contributed by atoms with E-state index >= 15 is 0 Å². The molecule has 0 spiro atoms. The van der Waals surface area contributed by atoms with E-state index in [-0.39, 0.29) is 0 Å². The number of methoxy groups -OCH3 is 1. The molecule has 0 radical (unpaired) electrons. The maximum atomic E-state index is 5.12. The molecule has 0 bridgehead atoms. The first-order valence-electron chi connectivity index (χ1n) is 6.60. The van der Waals surface area contributed by atoms with E-state index in [0.29, 0.717) is 6.04 Å². The zero-order valence-corrected chi connectivity index (χ0v) is 11.9. The molecule has 0 aliphatic rings. The quantitative estimate of drug-likeness (QED) is 0.646.